The molecule has 0 unspecified atom stereocenters. The second-order valence-electron chi connectivity index (χ2n) is 5.99. The fourth-order valence-electron chi connectivity index (χ4n) is 2.62. The first-order chi connectivity index (χ1) is 13.0. The molecule has 1 N–H and O–H groups in total. The summed E-state index contributed by atoms with van der Waals surface area (Å²) in [5.74, 6) is -1.42. The van der Waals surface area contributed by atoms with Gasteiger partial charge >= 0.3 is 11.9 Å². The van der Waals surface area contributed by atoms with Gasteiger partial charge in [0.2, 0.25) is 5.91 Å². The Kier molecular flexibility index (Phi) is 7.55. The fraction of sp³-hybridized carbons (Fsp3) is 0.286. The van der Waals surface area contributed by atoms with Crippen LogP contribution in [0.25, 0.3) is 11.1 Å². The number of hydrogen-bond donors (Lipinski definition) is 1. The Morgan fingerprint density at radius 1 is 0.852 bits per heavy atom. The van der Waals surface area contributed by atoms with Gasteiger partial charge in [-0.2, -0.15) is 0 Å². The van der Waals surface area contributed by atoms with Gasteiger partial charge in [0, 0.05) is 12.8 Å². The fourth-order valence-corrected chi connectivity index (χ4v) is 2.62. The summed E-state index contributed by atoms with van der Waals surface area (Å²) < 4.78 is 9.29. The normalized spacial score (nSPS) is 11.3. The van der Waals surface area contributed by atoms with Crippen LogP contribution >= 0.6 is 0 Å². The SMILES string of the molecule is COC(=O)CCC(=O)N[C@H](Cc1ccc(-c2ccccc2)cc1)C(=O)OC. The Morgan fingerprint density at radius 3 is 2.07 bits per heavy atom. The lowest BCUT2D eigenvalue weighted by atomic mass is 10.0. The molecule has 0 saturated heterocycles. The second kappa shape index (κ2) is 10.1. The van der Waals surface area contributed by atoms with E-state index in [0.29, 0.717) is 6.42 Å². The first-order valence-corrected chi connectivity index (χ1v) is 8.62. The molecule has 1 amide bonds. The predicted molar refractivity (Wildman–Crippen MR) is 101 cm³/mol. The largest absolute Gasteiger partial charge is 0.469 e. The number of esters is 2. The summed E-state index contributed by atoms with van der Waals surface area (Å²) in [6.07, 6.45) is 0.209. The predicted octanol–water partition coefficient (Wildman–Crippen LogP) is 2.51. The second-order valence-corrected chi connectivity index (χ2v) is 5.99. The first kappa shape index (κ1) is 20.2. The van der Waals surface area contributed by atoms with Gasteiger partial charge in [-0.3, -0.25) is 9.59 Å². The number of rotatable bonds is 8. The molecule has 0 aliphatic rings. The van der Waals surface area contributed by atoms with Crippen molar-refractivity contribution in [2.24, 2.45) is 0 Å². The quantitative estimate of drug-likeness (QED) is 0.723. The van der Waals surface area contributed by atoms with Crippen molar-refractivity contribution in [3.8, 4) is 11.1 Å². The van der Waals surface area contributed by atoms with Gasteiger partial charge in [0.1, 0.15) is 6.04 Å². The third-order valence-corrected chi connectivity index (χ3v) is 4.11. The summed E-state index contributed by atoms with van der Waals surface area (Å²) in [7, 11) is 2.53. The molecule has 142 valence electrons. The van der Waals surface area contributed by atoms with Crippen molar-refractivity contribution >= 4 is 17.8 Å². The lowest BCUT2D eigenvalue weighted by Crippen LogP contribution is -2.43. The number of hydrogen-bond acceptors (Lipinski definition) is 5. The number of amides is 1. The summed E-state index contributed by atoms with van der Waals surface area (Å²) in [5, 5.41) is 2.62. The zero-order valence-corrected chi connectivity index (χ0v) is 15.4. The molecule has 2 aromatic carbocycles. The highest BCUT2D eigenvalue weighted by atomic mass is 16.5. The first-order valence-electron chi connectivity index (χ1n) is 8.62. The summed E-state index contributed by atoms with van der Waals surface area (Å²) in [5.41, 5.74) is 3.05. The number of carbonyl (C=O) groups excluding carboxylic acids is 3. The van der Waals surface area contributed by atoms with E-state index in [4.69, 9.17) is 4.74 Å². The van der Waals surface area contributed by atoms with Crippen LogP contribution in [0.2, 0.25) is 0 Å². The third-order valence-electron chi connectivity index (χ3n) is 4.11. The summed E-state index contributed by atoms with van der Waals surface area (Å²) >= 11 is 0. The average molecular weight is 369 g/mol. The van der Waals surface area contributed by atoms with Crippen LogP contribution in [-0.2, 0) is 30.3 Å². The van der Waals surface area contributed by atoms with Crippen molar-refractivity contribution in [1.29, 1.82) is 0 Å². The molecule has 0 saturated carbocycles. The van der Waals surface area contributed by atoms with Crippen LogP contribution in [0.1, 0.15) is 18.4 Å². The summed E-state index contributed by atoms with van der Waals surface area (Å²) in [6.45, 7) is 0. The molecule has 0 heterocycles. The molecule has 2 aromatic rings. The van der Waals surface area contributed by atoms with Crippen molar-refractivity contribution in [1.82, 2.24) is 5.32 Å². The van der Waals surface area contributed by atoms with E-state index in [-0.39, 0.29) is 12.8 Å². The van der Waals surface area contributed by atoms with Crippen LogP contribution in [0.3, 0.4) is 0 Å². The molecule has 0 spiro atoms. The lowest BCUT2D eigenvalue weighted by molar-refractivity contribution is -0.145. The molecule has 1 atom stereocenters. The highest BCUT2D eigenvalue weighted by Crippen LogP contribution is 2.19. The van der Waals surface area contributed by atoms with Gasteiger partial charge in [-0.05, 0) is 16.7 Å². The van der Waals surface area contributed by atoms with E-state index in [1.165, 1.54) is 14.2 Å². The molecule has 27 heavy (non-hydrogen) atoms. The van der Waals surface area contributed by atoms with E-state index in [1.807, 2.05) is 54.6 Å². The molecular weight excluding hydrogens is 346 g/mol. The Balaban J connectivity index is 2.02. The van der Waals surface area contributed by atoms with Crippen molar-refractivity contribution in [2.45, 2.75) is 25.3 Å². The molecule has 0 aromatic heterocycles. The minimum absolute atomic E-state index is 0.0397. The molecule has 6 heteroatoms. The minimum atomic E-state index is -0.817. The molecule has 6 nitrogen and oxygen atoms in total. The van der Waals surface area contributed by atoms with Crippen molar-refractivity contribution < 1.29 is 23.9 Å². The van der Waals surface area contributed by atoms with E-state index in [1.54, 1.807) is 0 Å². The van der Waals surface area contributed by atoms with E-state index >= 15 is 0 Å². The maximum absolute atomic E-state index is 12.0. The zero-order valence-electron chi connectivity index (χ0n) is 15.4. The summed E-state index contributed by atoms with van der Waals surface area (Å²) in [6, 6.07) is 16.9. The Labute approximate surface area is 158 Å². The van der Waals surface area contributed by atoms with Crippen LogP contribution in [0.15, 0.2) is 54.6 Å². The number of ether oxygens (including phenoxy) is 2. The van der Waals surface area contributed by atoms with E-state index < -0.39 is 23.9 Å². The van der Waals surface area contributed by atoms with Gasteiger partial charge < -0.3 is 14.8 Å². The van der Waals surface area contributed by atoms with Gasteiger partial charge in [-0.25, -0.2) is 4.79 Å². The Hall–Kier alpha value is -3.15. The molecule has 0 bridgehead atoms. The highest BCUT2D eigenvalue weighted by molar-refractivity contribution is 5.86. The van der Waals surface area contributed by atoms with Crippen molar-refractivity contribution in [3.63, 3.8) is 0 Å². The Bertz CT molecular complexity index is 771. The molecule has 0 fully saturated rings. The summed E-state index contributed by atoms with van der Waals surface area (Å²) in [4.78, 5) is 35.1. The maximum atomic E-state index is 12.0. The van der Waals surface area contributed by atoms with Crippen LogP contribution in [0.4, 0.5) is 0 Å². The standard InChI is InChI=1S/C21H23NO5/c1-26-20(24)13-12-19(23)22-18(21(25)27-2)14-15-8-10-17(11-9-15)16-6-4-3-5-7-16/h3-11,18H,12-14H2,1-2H3,(H,22,23)/t18-/m1/s1. The topological polar surface area (TPSA) is 81.7 Å². The van der Waals surface area contributed by atoms with Gasteiger partial charge in [0.05, 0.1) is 20.6 Å². The van der Waals surface area contributed by atoms with Gasteiger partial charge in [-0.1, -0.05) is 54.6 Å². The van der Waals surface area contributed by atoms with Gasteiger partial charge in [0.15, 0.2) is 0 Å². The van der Waals surface area contributed by atoms with Gasteiger partial charge in [-0.15, -0.1) is 0 Å². The highest BCUT2D eigenvalue weighted by Gasteiger charge is 2.22. The zero-order chi connectivity index (χ0) is 19.6. The average Bonchev–Trinajstić information content (AvgIpc) is 2.72. The smallest absolute Gasteiger partial charge is 0.328 e. The van der Waals surface area contributed by atoms with Crippen LogP contribution in [-0.4, -0.2) is 38.1 Å². The maximum Gasteiger partial charge on any atom is 0.328 e. The van der Waals surface area contributed by atoms with Crippen molar-refractivity contribution in [3.05, 3.63) is 60.2 Å². The number of nitrogens with one attached hydrogen (secondary N) is 1. The number of benzene rings is 2. The molecular formula is C21H23NO5. The minimum Gasteiger partial charge on any atom is -0.469 e. The van der Waals surface area contributed by atoms with Crippen LogP contribution in [0, 0.1) is 0 Å². The van der Waals surface area contributed by atoms with Crippen LogP contribution in [0.5, 0.6) is 0 Å². The van der Waals surface area contributed by atoms with E-state index in [9.17, 15) is 14.4 Å². The van der Waals surface area contributed by atoms with Crippen molar-refractivity contribution in [2.75, 3.05) is 14.2 Å². The number of methoxy groups -OCH3 is 2. The van der Waals surface area contributed by atoms with Crippen LogP contribution < -0.4 is 5.32 Å². The monoisotopic (exact) mass is 369 g/mol. The number of carbonyl (C=O) groups is 3. The van der Waals surface area contributed by atoms with Gasteiger partial charge in [0.25, 0.3) is 0 Å². The van der Waals surface area contributed by atoms with E-state index in [0.717, 1.165) is 16.7 Å². The molecule has 0 radical (unpaired) electrons. The third kappa shape index (κ3) is 6.26. The van der Waals surface area contributed by atoms with E-state index in [2.05, 4.69) is 10.1 Å². The molecule has 0 aliphatic carbocycles. The molecule has 2 rings (SSSR count). The lowest BCUT2D eigenvalue weighted by Gasteiger charge is -2.17. The molecule has 0 aliphatic heterocycles. The Morgan fingerprint density at radius 2 is 1.48 bits per heavy atom.